The van der Waals surface area contributed by atoms with Crippen molar-refractivity contribution < 1.29 is 9.84 Å². The van der Waals surface area contributed by atoms with E-state index in [1.807, 2.05) is 6.07 Å². The molecule has 4 heteroatoms. The summed E-state index contributed by atoms with van der Waals surface area (Å²) in [6.45, 7) is 2.10. The minimum atomic E-state index is -0.738. The molecule has 0 saturated carbocycles. The molecule has 1 aromatic heterocycles. The van der Waals surface area contributed by atoms with Gasteiger partial charge in [0.1, 0.15) is 11.4 Å². The molecule has 0 aliphatic carbocycles. The summed E-state index contributed by atoms with van der Waals surface area (Å²) in [5.74, 6) is 0.715. The summed E-state index contributed by atoms with van der Waals surface area (Å²) in [4.78, 5) is 6.54. The second kappa shape index (κ2) is 3.96. The average Bonchev–Trinajstić information content (AvgIpc) is 2.95. The van der Waals surface area contributed by atoms with Gasteiger partial charge >= 0.3 is 0 Å². The van der Waals surface area contributed by atoms with Gasteiger partial charge in [0.15, 0.2) is 0 Å². The third-order valence-corrected chi connectivity index (χ3v) is 4.14. The number of nitrogens with zero attached hydrogens (tertiary/aromatic N) is 2. The van der Waals surface area contributed by atoms with Crippen LogP contribution in [-0.2, 0) is 5.60 Å². The second-order valence-electron chi connectivity index (χ2n) is 4.98. The van der Waals surface area contributed by atoms with E-state index in [2.05, 4.69) is 9.88 Å². The van der Waals surface area contributed by atoms with Crippen LogP contribution in [0.15, 0.2) is 18.5 Å². The lowest BCUT2D eigenvalue weighted by molar-refractivity contribution is 0.00889. The maximum atomic E-state index is 10.9. The molecule has 0 aromatic carbocycles. The van der Waals surface area contributed by atoms with Gasteiger partial charge in [0, 0.05) is 24.3 Å². The first-order valence-electron chi connectivity index (χ1n) is 6.20. The Bertz CT molecular complexity index is 424. The van der Waals surface area contributed by atoms with Crippen molar-refractivity contribution in [3.05, 3.63) is 24.0 Å². The Morgan fingerprint density at radius 1 is 1.47 bits per heavy atom. The number of aliphatic hydroxyl groups is 1. The van der Waals surface area contributed by atoms with Crippen molar-refractivity contribution in [1.29, 1.82) is 0 Å². The van der Waals surface area contributed by atoms with E-state index in [4.69, 9.17) is 4.74 Å². The first-order chi connectivity index (χ1) is 8.24. The Hall–Kier alpha value is -1.13. The summed E-state index contributed by atoms with van der Waals surface area (Å²) >= 11 is 0. The molecule has 3 rings (SSSR count). The molecule has 0 spiro atoms. The lowest BCUT2D eigenvalue weighted by Gasteiger charge is -2.30. The van der Waals surface area contributed by atoms with Crippen LogP contribution < -0.4 is 4.74 Å². The number of aromatic nitrogens is 1. The molecule has 0 radical (unpaired) electrons. The summed E-state index contributed by atoms with van der Waals surface area (Å²) < 4.78 is 5.18. The van der Waals surface area contributed by atoms with Crippen LogP contribution in [0, 0.1) is 0 Å². The molecule has 2 unspecified atom stereocenters. The van der Waals surface area contributed by atoms with Crippen molar-refractivity contribution in [3.8, 4) is 5.75 Å². The van der Waals surface area contributed by atoms with Crippen molar-refractivity contribution in [2.45, 2.75) is 30.9 Å². The zero-order chi connectivity index (χ0) is 11.9. The summed E-state index contributed by atoms with van der Waals surface area (Å²) in [6.07, 6.45) is 6.50. The number of hydrogen-bond acceptors (Lipinski definition) is 4. The highest BCUT2D eigenvalue weighted by Gasteiger charge is 2.49. The predicted molar refractivity (Wildman–Crippen MR) is 63.9 cm³/mol. The first kappa shape index (κ1) is 11.0. The molecule has 2 saturated heterocycles. The second-order valence-corrected chi connectivity index (χ2v) is 4.98. The summed E-state index contributed by atoms with van der Waals surface area (Å²) in [6, 6.07) is 2.17. The molecule has 2 aliphatic rings. The fourth-order valence-electron chi connectivity index (χ4n) is 3.22. The molecular weight excluding hydrogens is 216 g/mol. The van der Waals surface area contributed by atoms with Crippen molar-refractivity contribution >= 4 is 0 Å². The number of pyridine rings is 1. The first-order valence-corrected chi connectivity index (χ1v) is 6.20. The standard InChI is InChI=1S/C13H18N2O2/c1-17-11-7-10(8-14-9-11)13(16)4-6-15-5-2-3-12(13)15/h7-9,12,16H,2-6H2,1H3. The molecule has 4 nitrogen and oxygen atoms in total. The predicted octanol–water partition coefficient (Wildman–Crippen LogP) is 1.15. The van der Waals surface area contributed by atoms with E-state index in [1.165, 1.54) is 6.42 Å². The van der Waals surface area contributed by atoms with Crippen molar-refractivity contribution in [1.82, 2.24) is 9.88 Å². The third kappa shape index (κ3) is 1.63. The number of rotatable bonds is 2. The van der Waals surface area contributed by atoms with Crippen molar-refractivity contribution in [3.63, 3.8) is 0 Å². The summed E-state index contributed by atoms with van der Waals surface area (Å²) in [5.41, 5.74) is 0.157. The van der Waals surface area contributed by atoms with E-state index in [0.717, 1.165) is 31.5 Å². The zero-order valence-electron chi connectivity index (χ0n) is 10.1. The minimum Gasteiger partial charge on any atom is -0.495 e. The highest BCUT2D eigenvalue weighted by molar-refractivity contribution is 5.31. The highest BCUT2D eigenvalue weighted by Crippen LogP contribution is 2.43. The van der Waals surface area contributed by atoms with Crippen LogP contribution in [0.3, 0.4) is 0 Å². The van der Waals surface area contributed by atoms with Gasteiger partial charge < -0.3 is 9.84 Å². The lowest BCUT2D eigenvalue weighted by atomic mass is 9.86. The fourth-order valence-corrected chi connectivity index (χ4v) is 3.22. The van der Waals surface area contributed by atoms with Crippen molar-refractivity contribution in [2.24, 2.45) is 0 Å². The normalized spacial score (nSPS) is 32.7. The smallest absolute Gasteiger partial charge is 0.137 e. The van der Waals surface area contributed by atoms with Crippen LogP contribution in [0.5, 0.6) is 5.75 Å². The molecule has 1 aromatic rings. The summed E-state index contributed by atoms with van der Waals surface area (Å²) in [5, 5.41) is 10.9. The van der Waals surface area contributed by atoms with E-state index in [0.29, 0.717) is 5.75 Å². The lowest BCUT2D eigenvalue weighted by Crippen LogP contribution is -2.38. The highest BCUT2D eigenvalue weighted by atomic mass is 16.5. The van der Waals surface area contributed by atoms with E-state index in [9.17, 15) is 5.11 Å². The monoisotopic (exact) mass is 234 g/mol. The van der Waals surface area contributed by atoms with Gasteiger partial charge in [-0.2, -0.15) is 0 Å². The van der Waals surface area contributed by atoms with Crippen LogP contribution in [-0.4, -0.2) is 41.2 Å². The number of ether oxygens (including phenoxy) is 1. The SMILES string of the molecule is COc1cncc(C2(O)CCN3CCCC32)c1. The quantitative estimate of drug-likeness (QED) is 0.833. The molecule has 2 fully saturated rings. The zero-order valence-corrected chi connectivity index (χ0v) is 10.1. The van der Waals surface area contributed by atoms with E-state index in [1.54, 1.807) is 19.5 Å². The molecule has 3 heterocycles. The molecule has 17 heavy (non-hydrogen) atoms. The van der Waals surface area contributed by atoms with Crippen LogP contribution in [0.4, 0.5) is 0 Å². The fraction of sp³-hybridized carbons (Fsp3) is 0.615. The maximum absolute atomic E-state index is 10.9. The Labute approximate surface area is 101 Å². The van der Waals surface area contributed by atoms with Gasteiger partial charge in [0.05, 0.1) is 13.3 Å². The van der Waals surface area contributed by atoms with E-state index in [-0.39, 0.29) is 6.04 Å². The minimum absolute atomic E-state index is 0.261. The summed E-state index contributed by atoms with van der Waals surface area (Å²) in [7, 11) is 1.63. The number of methoxy groups -OCH3 is 1. The molecule has 2 aliphatic heterocycles. The van der Waals surface area contributed by atoms with Gasteiger partial charge in [0.25, 0.3) is 0 Å². The van der Waals surface area contributed by atoms with E-state index < -0.39 is 5.60 Å². The topological polar surface area (TPSA) is 45.6 Å². The number of hydrogen-bond donors (Lipinski definition) is 1. The third-order valence-electron chi connectivity index (χ3n) is 4.14. The molecule has 0 amide bonds. The maximum Gasteiger partial charge on any atom is 0.137 e. The Morgan fingerprint density at radius 3 is 3.18 bits per heavy atom. The molecule has 92 valence electrons. The number of fused-ring (bicyclic) bond motifs is 1. The van der Waals surface area contributed by atoms with Crippen LogP contribution in [0.25, 0.3) is 0 Å². The van der Waals surface area contributed by atoms with Crippen LogP contribution in [0.2, 0.25) is 0 Å². The average molecular weight is 234 g/mol. The van der Waals surface area contributed by atoms with Gasteiger partial charge in [0.2, 0.25) is 0 Å². The van der Waals surface area contributed by atoms with Gasteiger partial charge in [-0.3, -0.25) is 9.88 Å². The van der Waals surface area contributed by atoms with Gasteiger partial charge in [-0.15, -0.1) is 0 Å². The van der Waals surface area contributed by atoms with Crippen molar-refractivity contribution in [2.75, 3.05) is 20.2 Å². The Morgan fingerprint density at radius 2 is 2.35 bits per heavy atom. The van der Waals surface area contributed by atoms with Crippen LogP contribution >= 0.6 is 0 Å². The van der Waals surface area contributed by atoms with Gasteiger partial charge in [-0.05, 0) is 31.9 Å². The Kier molecular flexibility index (Phi) is 2.56. The van der Waals surface area contributed by atoms with Gasteiger partial charge in [-0.25, -0.2) is 0 Å². The van der Waals surface area contributed by atoms with E-state index >= 15 is 0 Å². The molecule has 1 N–H and O–H groups in total. The van der Waals surface area contributed by atoms with Gasteiger partial charge in [-0.1, -0.05) is 0 Å². The van der Waals surface area contributed by atoms with Crippen LogP contribution in [0.1, 0.15) is 24.8 Å². The largest absolute Gasteiger partial charge is 0.495 e. The Balaban J connectivity index is 1.96. The molecule has 2 atom stereocenters. The molecule has 0 bridgehead atoms. The molecular formula is C13H18N2O2.